The number of aryl methyl sites for hydroxylation is 1. The van der Waals surface area contributed by atoms with Crippen molar-refractivity contribution in [2.24, 2.45) is 0 Å². The van der Waals surface area contributed by atoms with E-state index >= 15 is 0 Å². The zero-order valence-corrected chi connectivity index (χ0v) is 15.7. The predicted molar refractivity (Wildman–Crippen MR) is 102 cm³/mol. The Hall–Kier alpha value is -2.32. The minimum Gasteiger partial charge on any atom is -0.378 e. The molecule has 8 heteroatoms. The van der Waals surface area contributed by atoms with E-state index in [1.165, 1.54) is 0 Å². The van der Waals surface area contributed by atoms with E-state index in [1.54, 1.807) is 6.07 Å². The lowest BCUT2D eigenvalue weighted by Crippen LogP contribution is -2.39. The molecule has 2 aliphatic rings. The lowest BCUT2D eigenvalue weighted by Gasteiger charge is -2.32. The van der Waals surface area contributed by atoms with Gasteiger partial charge >= 0.3 is 0 Å². The van der Waals surface area contributed by atoms with Gasteiger partial charge in [-0.3, -0.25) is 14.7 Å². The third kappa shape index (κ3) is 4.51. The van der Waals surface area contributed by atoms with E-state index in [9.17, 15) is 4.79 Å². The maximum absolute atomic E-state index is 12.2. The first-order valence-electron chi connectivity index (χ1n) is 9.62. The summed E-state index contributed by atoms with van der Waals surface area (Å²) < 4.78 is 5.39. The van der Waals surface area contributed by atoms with Crippen LogP contribution in [0.2, 0.25) is 0 Å². The van der Waals surface area contributed by atoms with E-state index in [1.807, 2.05) is 19.2 Å². The van der Waals surface area contributed by atoms with Gasteiger partial charge in [-0.1, -0.05) is 0 Å². The lowest BCUT2D eigenvalue weighted by atomic mass is 9.93. The summed E-state index contributed by atoms with van der Waals surface area (Å²) in [5.74, 6) is 1.82. The highest BCUT2D eigenvalue weighted by Gasteiger charge is 2.24. The molecule has 27 heavy (non-hydrogen) atoms. The number of nitrogens with one attached hydrogen (secondary N) is 1. The molecule has 2 aromatic heterocycles. The van der Waals surface area contributed by atoms with Crippen LogP contribution in [-0.2, 0) is 11.3 Å². The van der Waals surface area contributed by atoms with E-state index in [0.717, 1.165) is 62.8 Å². The van der Waals surface area contributed by atoms with Gasteiger partial charge in [-0.15, -0.1) is 0 Å². The number of H-pyrrole nitrogens is 1. The van der Waals surface area contributed by atoms with Crippen LogP contribution in [0.4, 0.5) is 5.95 Å². The molecule has 8 nitrogen and oxygen atoms in total. The number of likely N-dealkylation sites (tertiary alicyclic amines) is 1. The van der Waals surface area contributed by atoms with Crippen LogP contribution in [0.25, 0.3) is 0 Å². The molecule has 0 bridgehead atoms. The number of hydrogen-bond donors (Lipinski definition) is 1. The molecule has 0 unspecified atom stereocenters. The molecule has 0 atom stereocenters. The molecule has 2 fully saturated rings. The van der Waals surface area contributed by atoms with Crippen molar-refractivity contribution < 1.29 is 4.74 Å². The quantitative estimate of drug-likeness (QED) is 0.862. The SMILES string of the molecule is Cc1nccc(CN2CCC(c3cc(=O)[nH]c(N4CCOCC4)n3)CC2)n1. The first kappa shape index (κ1) is 18.1. The zero-order valence-electron chi connectivity index (χ0n) is 15.7. The fourth-order valence-corrected chi connectivity index (χ4v) is 3.81. The molecule has 0 spiro atoms. The summed E-state index contributed by atoms with van der Waals surface area (Å²) >= 11 is 0. The number of aromatic nitrogens is 4. The Labute approximate surface area is 158 Å². The van der Waals surface area contributed by atoms with Gasteiger partial charge in [-0.05, 0) is 38.9 Å². The van der Waals surface area contributed by atoms with Gasteiger partial charge in [-0.2, -0.15) is 0 Å². The van der Waals surface area contributed by atoms with E-state index in [-0.39, 0.29) is 5.56 Å². The van der Waals surface area contributed by atoms with Crippen LogP contribution in [0.1, 0.15) is 36.0 Å². The Morgan fingerprint density at radius 1 is 1.19 bits per heavy atom. The molecular formula is C19H26N6O2. The summed E-state index contributed by atoms with van der Waals surface area (Å²) in [7, 11) is 0. The van der Waals surface area contributed by atoms with Crippen LogP contribution < -0.4 is 10.5 Å². The second-order valence-electron chi connectivity index (χ2n) is 7.24. The molecule has 2 saturated heterocycles. The number of morpholine rings is 1. The minimum absolute atomic E-state index is 0.0691. The zero-order chi connectivity index (χ0) is 18.6. The van der Waals surface area contributed by atoms with Gasteiger partial charge in [0, 0.05) is 37.8 Å². The first-order chi connectivity index (χ1) is 13.2. The molecule has 0 aliphatic carbocycles. The molecule has 0 saturated carbocycles. The Morgan fingerprint density at radius 2 is 1.96 bits per heavy atom. The fraction of sp³-hybridized carbons (Fsp3) is 0.579. The molecular weight excluding hydrogens is 344 g/mol. The van der Waals surface area contributed by atoms with Gasteiger partial charge < -0.3 is 9.64 Å². The Kier molecular flexibility index (Phi) is 5.45. The number of hydrogen-bond acceptors (Lipinski definition) is 7. The van der Waals surface area contributed by atoms with Crippen molar-refractivity contribution in [2.75, 3.05) is 44.3 Å². The molecule has 1 N–H and O–H groups in total. The van der Waals surface area contributed by atoms with Gasteiger partial charge in [0.1, 0.15) is 5.82 Å². The van der Waals surface area contributed by atoms with Crippen LogP contribution >= 0.6 is 0 Å². The molecule has 0 amide bonds. The summed E-state index contributed by atoms with van der Waals surface area (Å²) in [5.41, 5.74) is 1.91. The monoisotopic (exact) mass is 370 g/mol. The number of anilines is 1. The van der Waals surface area contributed by atoms with E-state index in [0.29, 0.717) is 25.1 Å². The van der Waals surface area contributed by atoms with E-state index in [2.05, 4.69) is 24.8 Å². The maximum atomic E-state index is 12.2. The van der Waals surface area contributed by atoms with Crippen LogP contribution in [0.3, 0.4) is 0 Å². The average Bonchev–Trinajstić information content (AvgIpc) is 2.69. The van der Waals surface area contributed by atoms with Crippen molar-refractivity contribution in [3.63, 3.8) is 0 Å². The van der Waals surface area contributed by atoms with Gasteiger partial charge in [0.2, 0.25) is 5.95 Å². The fourth-order valence-electron chi connectivity index (χ4n) is 3.81. The van der Waals surface area contributed by atoms with Crippen molar-refractivity contribution in [1.29, 1.82) is 0 Å². The third-order valence-corrected chi connectivity index (χ3v) is 5.28. The molecule has 2 aliphatic heterocycles. The number of aromatic amines is 1. The van der Waals surface area contributed by atoms with Crippen molar-refractivity contribution in [1.82, 2.24) is 24.8 Å². The minimum atomic E-state index is -0.0691. The van der Waals surface area contributed by atoms with Gasteiger partial charge in [0.05, 0.1) is 24.6 Å². The smallest absolute Gasteiger partial charge is 0.252 e. The van der Waals surface area contributed by atoms with Crippen LogP contribution in [0.15, 0.2) is 23.1 Å². The first-order valence-corrected chi connectivity index (χ1v) is 9.62. The third-order valence-electron chi connectivity index (χ3n) is 5.28. The maximum Gasteiger partial charge on any atom is 0.252 e. The average molecular weight is 370 g/mol. The Balaban J connectivity index is 1.40. The molecule has 2 aromatic rings. The predicted octanol–water partition coefficient (Wildman–Crippen LogP) is 1.08. The largest absolute Gasteiger partial charge is 0.378 e. The highest BCUT2D eigenvalue weighted by molar-refractivity contribution is 5.31. The normalized spacial score (nSPS) is 19.4. The number of nitrogens with zero attached hydrogens (tertiary/aromatic N) is 5. The summed E-state index contributed by atoms with van der Waals surface area (Å²) in [6, 6.07) is 3.64. The van der Waals surface area contributed by atoms with Crippen LogP contribution in [-0.4, -0.2) is 64.2 Å². The highest BCUT2D eigenvalue weighted by atomic mass is 16.5. The molecule has 0 aromatic carbocycles. The van der Waals surface area contributed by atoms with E-state index < -0.39 is 0 Å². The van der Waals surface area contributed by atoms with Crippen LogP contribution in [0.5, 0.6) is 0 Å². The summed E-state index contributed by atoms with van der Waals surface area (Å²) in [5, 5.41) is 0. The summed E-state index contributed by atoms with van der Waals surface area (Å²) in [6.07, 6.45) is 3.82. The molecule has 4 heterocycles. The number of rotatable bonds is 4. The van der Waals surface area contributed by atoms with Crippen molar-refractivity contribution >= 4 is 5.95 Å². The molecule has 0 radical (unpaired) electrons. The van der Waals surface area contributed by atoms with Crippen molar-refractivity contribution in [3.05, 3.63) is 45.9 Å². The Morgan fingerprint density at radius 3 is 2.70 bits per heavy atom. The number of ether oxygens (including phenoxy) is 1. The molecule has 4 rings (SSSR count). The van der Waals surface area contributed by atoms with Crippen molar-refractivity contribution in [2.45, 2.75) is 32.2 Å². The topological polar surface area (TPSA) is 87.2 Å². The van der Waals surface area contributed by atoms with Gasteiger partial charge in [0.25, 0.3) is 5.56 Å². The summed E-state index contributed by atoms with van der Waals surface area (Å²) in [4.78, 5) is 33.0. The number of piperidine rings is 1. The standard InChI is InChI=1S/C19H26N6O2/c1-14-20-5-2-16(21-14)13-24-6-3-15(4-7-24)17-12-18(26)23-19(22-17)25-8-10-27-11-9-25/h2,5,12,15H,3-4,6-11,13H2,1H3,(H,22,23,26). The molecule has 144 valence electrons. The van der Waals surface area contributed by atoms with Crippen LogP contribution in [0, 0.1) is 6.92 Å². The highest BCUT2D eigenvalue weighted by Crippen LogP contribution is 2.27. The second-order valence-corrected chi connectivity index (χ2v) is 7.24. The lowest BCUT2D eigenvalue weighted by molar-refractivity contribution is 0.122. The van der Waals surface area contributed by atoms with E-state index in [4.69, 9.17) is 9.72 Å². The summed E-state index contributed by atoms with van der Waals surface area (Å²) in [6.45, 7) is 7.61. The van der Waals surface area contributed by atoms with Gasteiger partial charge in [-0.25, -0.2) is 15.0 Å². The van der Waals surface area contributed by atoms with Gasteiger partial charge in [0.15, 0.2) is 0 Å². The Bertz CT molecular complexity index is 825. The van der Waals surface area contributed by atoms with Crippen molar-refractivity contribution in [3.8, 4) is 0 Å². The second kappa shape index (κ2) is 8.14.